The molecule has 0 aliphatic rings. The molecule has 0 bridgehead atoms. The minimum absolute atomic E-state index is 0.411. The number of aromatic carboxylic acids is 1. The highest BCUT2D eigenvalue weighted by Gasteiger charge is 2.24. The maximum Gasteiger partial charge on any atom is 0.363 e. The number of carboxylic acid groups (broad SMARTS) is 1. The van der Waals surface area contributed by atoms with Crippen LogP contribution in [0.2, 0.25) is 0 Å². The smallest absolute Gasteiger partial charge is 0.363 e. The van der Waals surface area contributed by atoms with Crippen LogP contribution in [0.3, 0.4) is 0 Å². The monoisotopic (exact) mass is 267 g/mol. The largest absolute Gasteiger partial charge is 0.476 e. The number of nitrogens with zero attached hydrogens (tertiary/aromatic N) is 3. The summed E-state index contributed by atoms with van der Waals surface area (Å²) in [5.41, 5.74) is -1.00. The Balaban J connectivity index is 2.16. The quantitative estimate of drug-likeness (QED) is 0.657. The van der Waals surface area contributed by atoms with E-state index in [1.165, 1.54) is 4.68 Å². The highest BCUT2D eigenvalue weighted by Crippen LogP contribution is 2.17. The number of carbonyl (C=O) groups is 1. The Morgan fingerprint density at radius 3 is 2.89 bits per heavy atom. The van der Waals surface area contributed by atoms with Crippen LogP contribution in [0.25, 0.3) is 0 Å². The third-order valence-electron chi connectivity index (χ3n) is 2.31. The molecule has 0 saturated carbocycles. The molecule has 0 radical (unpaired) electrons. The highest BCUT2D eigenvalue weighted by molar-refractivity contribution is 7.09. The first-order valence-electron chi connectivity index (χ1n) is 5.05. The zero-order valence-corrected chi connectivity index (χ0v) is 9.96. The van der Waals surface area contributed by atoms with Crippen LogP contribution < -0.4 is 0 Å². The lowest BCUT2D eigenvalue weighted by molar-refractivity contribution is -0.385. The molecule has 0 fully saturated rings. The summed E-state index contributed by atoms with van der Waals surface area (Å²) in [6, 6.07) is 3.86. The van der Waals surface area contributed by atoms with E-state index < -0.39 is 22.3 Å². The normalized spacial score (nSPS) is 10.4. The summed E-state index contributed by atoms with van der Waals surface area (Å²) in [6.45, 7) is 0.411. The van der Waals surface area contributed by atoms with Gasteiger partial charge in [0.05, 0.1) is 4.92 Å². The molecule has 1 N–H and O–H groups in total. The second kappa shape index (κ2) is 4.96. The lowest BCUT2D eigenvalue weighted by Crippen LogP contribution is -2.04. The van der Waals surface area contributed by atoms with Crippen molar-refractivity contribution in [1.29, 1.82) is 0 Å². The van der Waals surface area contributed by atoms with E-state index in [9.17, 15) is 14.9 Å². The van der Waals surface area contributed by atoms with Crippen LogP contribution >= 0.6 is 11.3 Å². The molecule has 0 atom stereocenters. The van der Waals surface area contributed by atoms with Gasteiger partial charge in [-0.1, -0.05) is 6.07 Å². The van der Waals surface area contributed by atoms with Gasteiger partial charge in [0.1, 0.15) is 6.20 Å². The van der Waals surface area contributed by atoms with E-state index in [4.69, 9.17) is 5.11 Å². The van der Waals surface area contributed by atoms with E-state index >= 15 is 0 Å². The summed E-state index contributed by atoms with van der Waals surface area (Å²) in [5, 5.41) is 25.1. The minimum atomic E-state index is -1.39. The Labute approximate surface area is 105 Å². The average Bonchev–Trinajstić information content (AvgIpc) is 2.95. The van der Waals surface area contributed by atoms with Gasteiger partial charge in [0.25, 0.3) is 0 Å². The molecule has 0 spiro atoms. The zero-order chi connectivity index (χ0) is 13.1. The molecule has 2 heterocycles. The number of rotatable bonds is 5. The van der Waals surface area contributed by atoms with Crippen LogP contribution in [-0.4, -0.2) is 25.8 Å². The molecule has 2 aromatic heterocycles. The Bertz CT molecular complexity index is 544. The number of thiophene rings is 1. The lowest BCUT2D eigenvalue weighted by atomic mass is 10.3. The SMILES string of the molecule is O=C(O)c1nn(CCc2cccs2)cc1[N+](=O)[O-]. The summed E-state index contributed by atoms with van der Waals surface area (Å²) >= 11 is 1.57. The van der Waals surface area contributed by atoms with E-state index in [-0.39, 0.29) is 0 Å². The molecule has 8 heteroatoms. The third kappa shape index (κ3) is 2.54. The molecule has 7 nitrogen and oxygen atoms in total. The Hall–Kier alpha value is -2.22. The van der Waals surface area contributed by atoms with Gasteiger partial charge in [0, 0.05) is 17.8 Å². The number of nitro groups is 1. The van der Waals surface area contributed by atoms with Crippen molar-refractivity contribution in [3.8, 4) is 0 Å². The lowest BCUT2D eigenvalue weighted by Gasteiger charge is -1.97. The molecule has 0 amide bonds. The topological polar surface area (TPSA) is 98.3 Å². The summed E-state index contributed by atoms with van der Waals surface area (Å²) < 4.78 is 1.29. The highest BCUT2D eigenvalue weighted by atomic mass is 32.1. The summed E-state index contributed by atoms with van der Waals surface area (Å²) in [6.07, 6.45) is 1.81. The van der Waals surface area contributed by atoms with E-state index in [0.29, 0.717) is 13.0 Å². The predicted octanol–water partition coefficient (Wildman–Crippen LogP) is 1.79. The van der Waals surface area contributed by atoms with Gasteiger partial charge in [-0.25, -0.2) is 4.79 Å². The van der Waals surface area contributed by atoms with Gasteiger partial charge in [-0.05, 0) is 11.4 Å². The fraction of sp³-hybridized carbons (Fsp3) is 0.200. The molecule has 0 saturated heterocycles. The van der Waals surface area contributed by atoms with Crippen molar-refractivity contribution < 1.29 is 14.8 Å². The molecule has 0 aromatic carbocycles. The van der Waals surface area contributed by atoms with Crippen molar-refractivity contribution >= 4 is 23.0 Å². The second-order valence-electron chi connectivity index (χ2n) is 3.52. The minimum Gasteiger partial charge on any atom is -0.476 e. The van der Waals surface area contributed by atoms with Crippen molar-refractivity contribution in [1.82, 2.24) is 9.78 Å². The van der Waals surface area contributed by atoms with Gasteiger partial charge in [0.2, 0.25) is 5.69 Å². The molecule has 2 aromatic rings. The van der Waals surface area contributed by atoms with E-state index in [2.05, 4.69) is 5.10 Å². The van der Waals surface area contributed by atoms with Crippen LogP contribution in [0.5, 0.6) is 0 Å². The molecule has 0 aliphatic carbocycles. The number of carboxylic acids is 1. The Morgan fingerprint density at radius 2 is 2.39 bits per heavy atom. The molecule has 18 heavy (non-hydrogen) atoms. The Morgan fingerprint density at radius 1 is 1.61 bits per heavy atom. The number of hydrogen-bond donors (Lipinski definition) is 1. The average molecular weight is 267 g/mol. The summed E-state index contributed by atoms with van der Waals surface area (Å²) in [4.78, 5) is 21.8. The van der Waals surface area contributed by atoms with Crippen LogP contribution in [0.15, 0.2) is 23.7 Å². The molecular weight excluding hydrogens is 258 g/mol. The van der Waals surface area contributed by atoms with Crippen molar-refractivity contribution in [3.05, 3.63) is 44.4 Å². The third-order valence-corrected chi connectivity index (χ3v) is 3.25. The number of aryl methyl sites for hydroxylation is 2. The van der Waals surface area contributed by atoms with Gasteiger partial charge >= 0.3 is 11.7 Å². The van der Waals surface area contributed by atoms with Crippen LogP contribution in [0, 0.1) is 10.1 Å². The molecule has 0 aliphatic heterocycles. The first-order chi connectivity index (χ1) is 8.58. The van der Waals surface area contributed by atoms with Gasteiger partial charge < -0.3 is 5.11 Å². The predicted molar refractivity (Wildman–Crippen MR) is 63.9 cm³/mol. The van der Waals surface area contributed by atoms with Gasteiger partial charge in [-0.2, -0.15) is 5.10 Å². The Kier molecular flexibility index (Phi) is 3.38. The standard InChI is InChI=1S/C10H9N3O4S/c14-10(15)9-8(13(16)17)6-12(11-9)4-3-7-2-1-5-18-7/h1-2,5-6H,3-4H2,(H,14,15). The zero-order valence-electron chi connectivity index (χ0n) is 9.15. The summed E-state index contributed by atoms with van der Waals surface area (Å²) in [7, 11) is 0. The fourth-order valence-electron chi connectivity index (χ4n) is 1.49. The molecule has 2 rings (SSSR count). The van der Waals surface area contributed by atoms with E-state index in [0.717, 1.165) is 11.1 Å². The van der Waals surface area contributed by atoms with Crippen LogP contribution in [-0.2, 0) is 13.0 Å². The van der Waals surface area contributed by atoms with E-state index in [1.54, 1.807) is 11.3 Å². The number of hydrogen-bond acceptors (Lipinski definition) is 5. The van der Waals surface area contributed by atoms with Crippen molar-refractivity contribution in [2.45, 2.75) is 13.0 Å². The van der Waals surface area contributed by atoms with Crippen LogP contribution in [0.4, 0.5) is 5.69 Å². The van der Waals surface area contributed by atoms with Crippen LogP contribution in [0.1, 0.15) is 15.4 Å². The van der Waals surface area contributed by atoms with E-state index in [1.807, 2.05) is 17.5 Å². The molecular formula is C10H9N3O4S. The van der Waals surface area contributed by atoms with Crippen molar-refractivity contribution in [2.24, 2.45) is 0 Å². The maximum absolute atomic E-state index is 10.8. The summed E-state index contributed by atoms with van der Waals surface area (Å²) in [5.74, 6) is -1.39. The van der Waals surface area contributed by atoms with Crippen molar-refractivity contribution in [3.63, 3.8) is 0 Å². The van der Waals surface area contributed by atoms with Crippen molar-refractivity contribution in [2.75, 3.05) is 0 Å². The molecule has 0 unspecified atom stereocenters. The molecule has 94 valence electrons. The fourth-order valence-corrected chi connectivity index (χ4v) is 2.19. The van der Waals surface area contributed by atoms with Gasteiger partial charge in [0.15, 0.2) is 0 Å². The van der Waals surface area contributed by atoms with Gasteiger partial charge in [-0.15, -0.1) is 11.3 Å². The van der Waals surface area contributed by atoms with Gasteiger partial charge in [-0.3, -0.25) is 14.8 Å². The number of aromatic nitrogens is 2. The maximum atomic E-state index is 10.8. The first-order valence-corrected chi connectivity index (χ1v) is 5.93. The first kappa shape index (κ1) is 12.2. The second-order valence-corrected chi connectivity index (χ2v) is 4.55.